The summed E-state index contributed by atoms with van der Waals surface area (Å²) in [6.07, 6.45) is -0.125. The maximum Gasteiger partial charge on any atom is 0.416 e. The van der Waals surface area contributed by atoms with Crippen molar-refractivity contribution in [1.82, 2.24) is 25.3 Å². The monoisotopic (exact) mass is 447 g/mol. The number of nitrogens with zero attached hydrogens (tertiary/aromatic N) is 4. The summed E-state index contributed by atoms with van der Waals surface area (Å²) >= 11 is 0. The molecule has 0 radical (unpaired) electrons. The number of hydrogen-bond donors (Lipinski definition) is 1. The molecule has 2 aromatic heterocycles. The van der Waals surface area contributed by atoms with E-state index in [0.717, 1.165) is 42.8 Å². The lowest BCUT2D eigenvalue weighted by Gasteiger charge is -2.32. The summed E-state index contributed by atoms with van der Waals surface area (Å²) in [6.45, 7) is 1.39. The lowest BCUT2D eigenvalue weighted by molar-refractivity contribution is -0.137. The number of fused-ring (bicyclic) bond motifs is 1. The van der Waals surface area contributed by atoms with Gasteiger partial charge in [0.25, 0.3) is 0 Å². The van der Waals surface area contributed by atoms with Crippen LogP contribution in [0.25, 0.3) is 5.82 Å². The van der Waals surface area contributed by atoms with Gasteiger partial charge in [0, 0.05) is 6.20 Å². The maximum atomic E-state index is 13.8. The molecular weight excluding hydrogens is 426 g/mol. The smallest absolute Gasteiger partial charge is 0.378 e. The quantitative estimate of drug-likeness (QED) is 0.604. The Morgan fingerprint density at radius 1 is 1.12 bits per heavy atom. The summed E-state index contributed by atoms with van der Waals surface area (Å²) < 4.78 is 59.8. The van der Waals surface area contributed by atoms with Gasteiger partial charge in [-0.1, -0.05) is 5.21 Å². The van der Waals surface area contributed by atoms with E-state index in [9.17, 15) is 17.6 Å². The standard InChI is InChI=1S/C22H21F4N5O/c23-16-8-14(7-15(10-16)22(24,25)26)6-13-4-5-27-20(9-13)31-19-3-1-2-18(21(19)29-30-31)28-17-11-32-12-17/h4-5,7-10,17-18,28H,1-3,6,11-12H2. The molecular formula is C22H21F4N5O. The summed E-state index contributed by atoms with van der Waals surface area (Å²) in [6, 6.07) is 6.48. The van der Waals surface area contributed by atoms with E-state index in [1.807, 2.05) is 0 Å². The molecule has 0 bridgehead atoms. The number of halogens is 4. The second-order valence-corrected chi connectivity index (χ2v) is 8.22. The first kappa shape index (κ1) is 21.0. The molecule has 168 valence electrons. The van der Waals surface area contributed by atoms with Crippen molar-refractivity contribution in [2.24, 2.45) is 0 Å². The Morgan fingerprint density at radius 2 is 1.97 bits per heavy atom. The van der Waals surface area contributed by atoms with Crippen molar-refractivity contribution in [2.45, 2.75) is 43.9 Å². The predicted octanol–water partition coefficient (Wildman–Crippen LogP) is 3.78. The highest BCUT2D eigenvalue weighted by Gasteiger charge is 2.32. The van der Waals surface area contributed by atoms with Crippen molar-refractivity contribution < 1.29 is 22.3 Å². The first-order chi connectivity index (χ1) is 15.4. The minimum Gasteiger partial charge on any atom is -0.378 e. The molecule has 32 heavy (non-hydrogen) atoms. The summed E-state index contributed by atoms with van der Waals surface area (Å²) in [5, 5.41) is 12.2. The van der Waals surface area contributed by atoms with Crippen LogP contribution in [0.5, 0.6) is 0 Å². The minimum absolute atomic E-state index is 0.109. The highest BCUT2D eigenvalue weighted by molar-refractivity contribution is 5.36. The molecule has 1 aromatic carbocycles. The fraction of sp³-hybridized carbons (Fsp3) is 0.409. The van der Waals surface area contributed by atoms with E-state index in [2.05, 4.69) is 20.6 Å². The van der Waals surface area contributed by atoms with E-state index in [1.54, 1.807) is 23.0 Å². The van der Waals surface area contributed by atoms with E-state index in [4.69, 9.17) is 4.74 Å². The van der Waals surface area contributed by atoms with Crippen LogP contribution in [0.15, 0.2) is 36.5 Å². The summed E-state index contributed by atoms with van der Waals surface area (Å²) in [4.78, 5) is 4.39. The van der Waals surface area contributed by atoms with Gasteiger partial charge in [0.15, 0.2) is 5.82 Å². The Hall–Kier alpha value is -2.85. The molecule has 1 unspecified atom stereocenters. The van der Waals surface area contributed by atoms with Crippen LogP contribution in [0.4, 0.5) is 17.6 Å². The zero-order chi connectivity index (χ0) is 22.3. The number of nitrogens with one attached hydrogen (secondary N) is 1. The van der Waals surface area contributed by atoms with E-state index in [1.165, 1.54) is 0 Å². The Balaban J connectivity index is 1.40. The van der Waals surface area contributed by atoms with Gasteiger partial charge < -0.3 is 10.1 Å². The third kappa shape index (κ3) is 4.24. The number of hydrogen-bond acceptors (Lipinski definition) is 5. The normalized spacial score (nSPS) is 18.9. The molecule has 10 heteroatoms. The van der Waals surface area contributed by atoms with Crippen molar-refractivity contribution in [3.05, 3.63) is 70.4 Å². The van der Waals surface area contributed by atoms with E-state index in [0.29, 0.717) is 36.7 Å². The second kappa shape index (κ2) is 8.25. The van der Waals surface area contributed by atoms with E-state index >= 15 is 0 Å². The number of alkyl halides is 3. The van der Waals surface area contributed by atoms with Crippen LogP contribution in [0.3, 0.4) is 0 Å². The van der Waals surface area contributed by atoms with Gasteiger partial charge in [-0.05, 0) is 67.1 Å². The number of pyridine rings is 1. The van der Waals surface area contributed by atoms with Crippen LogP contribution in [-0.4, -0.2) is 39.2 Å². The maximum absolute atomic E-state index is 13.8. The third-order valence-corrected chi connectivity index (χ3v) is 5.82. The van der Waals surface area contributed by atoms with Gasteiger partial charge in [-0.25, -0.2) is 9.37 Å². The largest absolute Gasteiger partial charge is 0.416 e. The zero-order valence-electron chi connectivity index (χ0n) is 17.1. The SMILES string of the molecule is Fc1cc(Cc2ccnc(-n3nnc4c3CCCC4NC3COC3)c2)cc(C(F)(F)F)c1. The Bertz CT molecular complexity index is 1130. The van der Waals surface area contributed by atoms with E-state index < -0.39 is 17.6 Å². The Morgan fingerprint density at radius 3 is 2.72 bits per heavy atom. The molecule has 1 aliphatic heterocycles. The highest BCUT2D eigenvalue weighted by atomic mass is 19.4. The molecule has 1 fully saturated rings. The first-order valence-corrected chi connectivity index (χ1v) is 10.5. The number of benzene rings is 1. The van der Waals surface area contributed by atoms with Gasteiger partial charge in [-0.2, -0.15) is 17.9 Å². The average molecular weight is 447 g/mol. The van der Waals surface area contributed by atoms with Gasteiger partial charge in [-0.3, -0.25) is 0 Å². The van der Waals surface area contributed by atoms with Crippen LogP contribution in [0.2, 0.25) is 0 Å². The number of ether oxygens (including phenoxy) is 1. The number of aromatic nitrogens is 4. The van der Waals surface area contributed by atoms with E-state index in [-0.39, 0.29) is 18.0 Å². The van der Waals surface area contributed by atoms with Crippen molar-refractivity contribution >= 4 is 0 Å². The molecule has 1 aliphatic carbocycles. The third-order valence-electron chi connectivity index (χ3n) is 5.82. The minimum atomic E-state index is -4.60. The molecule has 0 saturated carbocycles. The topological polar surface area (TPSA) is 64.9 Å². The molecule has 1 N–H and O–H groups in total. The lowest BCUT2D eigenvalue weighted by atomic mass is 9.95. The fourth-order valence-electron chi connectivity index (χ4n) is 4.23. The molecule has 1 atom stereocenters. The first-order valence-electron chi connectivity index (χ1n) is 10.5. The van der Waals surface area contributed by atoms with Crippen molar-refractivity contribution in [2.75, 3.05) is 13.2 Å². The van der Waals surface area contributed by atoms with Crippen molar-refractivity contribution in [1.29, 1.82) is 0 Å². The van der Waals surface area contributed by atoms with Crippen molar-refractivity contribution in [3.8, 4) is 5.82 Å². The number of rotatable bonds is 5. The molecule has 2 aliphatic rings. The van der Waals surface area contributed by atoms with Crippen LogP contribution in [0, 0.1) is 5.82 Å². The summed E-state index contributed by atoms with van der Waals surface area (Å²) in [5.74, 6) is -0.374. The van der Waals surface area contributed by atoms with Gasteiger partial charge in [0.2, 0.25) is 0 Å². The zero-order valence-corrected chi connectivity index (χ0v) is 17.1. The Kier molecular flexibility index (Phi) is 5.42. The van der Waals surface area contributed by atoms with Crippen LogP contribution >= 0.6 is 0 Å². The predicted molar refractivity (Wildman–Crippen MR) is 107 cm³/mol. The Labute approximate surface area is 181 Å². The van der Waals surface area contributed by atoms with Crippen LogP contribution in [-0.2, 0) is 23.8 Å². The fourth-order valence-corrected chi connectivity index (χ4v) is 4.23. The molecule has 0 spiro atoms. The molecule has 6 nitrogen and oxygen atoms in total. The molecule has 5 rings (SSSR count). The van der Waals surface area contributed by atoms with Crippen LogP contribution in [0.1, 0.15) is 47.0 Å². The lowest BCUT2D eigenvalue weighted by Crippen LogP contribution is -2.48. The average Bonchev–Trinajstić information content (AvgIpc) is 3.15. The van der Waals surface area contributed by atoms with Gasteiger partial charge >= 0.3 is 6.18 Å². The van der Waals surface area contributed by atoms with Gasteiger partial charge in [0.1, 0.15) is 11.5 Å². The highest BCUT2D eigenvalue weighted by Crippen LogP contribution is 2.32. The molecule has 0 amide bonds. The molecule has 1 saturated heterocycles. The van der Waals surface area contributed by atoms with Gasteiger partial charge in [-0.15, -0.1) is 5.10 Å². The van der Waals surface area contributed by atoms with Gasteiger partial charge in [0.05, 0.1) is 36.6 Å². The second-order valence-electron chi connectivity index (χ2n) is 8.22. The van der Waals surface area contributed by atoms with Crippen molar-refractivity contribution in [3.63, 3.8) is 0 Å². The summed E-state index contributed by atoms with van der Waals surface area (Å²) in [7, 11) is 0. The summed E-state index contributed by atoms with van der Waals surface area (Å²) in [5.41, 5.74) is 1.82. The molecule has 3 aromatic rings. The molecule has 3 heterocycles. The van der Waals surface area contributed by atoms with Crippen LogP contribution < -0.4 is 5.32 Å².